The number of amides is 2. The van der Waals surface area contributed by atoms with Gasteiger partial charge in [0, 0.05) is 15.3 Å². The standard InChI is InChI=1S/C14H17BrN2O2S/c1-8-6-12(9(2)5-11(8)15)20-7-13(18)16-17-14(19)10-3-4-10/h5-6,10H,3-4,7H2,1-2H3,(H,16,18)(H,17,19). The van der Waals surface area contributed by atoms with Gasteiger partial charge in [-0.3, -0.25) is 20.4 Å². The van der Waals surface area contributed by atoms with E-state index in [0.717, 1.165) is 33.3 Å². The van der Waals surface area contributed by atoms with E-state index in [1.54, 1.807) is 0 Å². The number of nitrogens with one attached hydrogen (secondary N) is 2. The number of hydrogen-bond acceptors (Lipinski definition) is 3. The van der Waals surface area contributed by atoms with Crippen LogP contribution in [0.25, 0.3) is 0 Å². The molecule has 0 saturated heterocycles. The molecule has 0 atom stereocenters. The Morgan fingerprint density at radius 1 is 1.25 bits per heavy atom. The summed E-state index contributed by atoms with van der Waals surface area (Å²) in [5.41, 5.74) is 7.17. The zero-order valence-corrected chi connectivity index (χ0v) is 13.9. The normalized spacial score (nSPS) is 13.9. The second kappa shape index (κ2) is 6.63. The fourth-order valence-electron chi connectivity index (χ4n) is 1.67. The van der Waals surface area contributed by atoms with Gasteiger partial charge in [0.2, 0.25) is 11.8 Å². The average Bonchev–Trinajstić information content (AvgIpc) is 3.23. The number of rotatable bonds is 4. The molecule has 0 unspecified atom stereocenters. The lowest BCUT2D eigenvalue weighted by molar-refractivity contribution is -0.128. The van der Waals surface area contributed by atoms with Crippen LogP contribution in [-0.2, 0) is 9.59 Å². The first-order valence-corrected chi connectivity index (χ1v) is 8.23. The van der Waals surface area contributed by atoms with Crippen LogP contribution in [0.2, 0.25) is 0 Å². The molecule has 6 heteroatoms. The summed E-state index contributed by atoms with van der Waals surface area (Å²) in [6.07, 6.45) is 1.85. The molecule has 4 nitrogen and oxygen atoms in total. The molecule has 0 heterocycles. The predicted octanol–water partition coefficient (Wildman–Crippen LogP) is 2.72. The molecule has 1 aliphatic rings. The molecule has 0 aliphatic heterocycles. The second-order valence-corrected chi connectivity index (χ2v) is 6.84. The van der Waals surface area contributed by atoms with E-state index in [1.807, 2.05) is 19.9 Å². The third kappa shape index (κ3) is 4.24. The molecule has 1 aliphatic carbocycles. The Bertz CT molecular complexity index is 544. The van der Waals surface area contributed by atoms with Crippen molar-refractivity contribution >= 4 is 39.5 Å². The van der Waals surface area contributed by atoms with Crippen LogP contribution in [0.5, 0.6) is 0 Å². The van der Waals surface area contributed by atoms with E-state index in [4.69, 9.17) is 0 Å². The summed E-state index contributed by atoms with van der Waals surface area (Å²) in [4.78, 5) is 24.1. The van der Waals surface area contributed by atoms with E-state index >= 15 is 0 Å². The maximum absolute atomic E-state index is 11.7. The van der Waals surface area contributed by atoms with E-state index in [-0.39, 0.29) is 23.5 Å². The maximum atomic E-state index is 11.7. The first kappa shape index (κ1) is 15.4. The summed E-state index contributed by atoms with van der Waals surface area (Å²) in [5.74, 6) is 0.106. The van der Waals surface area contributed by atoms with Crippen LogP contribution >= 0.6 is 27.7 Å². The lowest BCUT2D eigenvalue weighted by Crippen LogP contribution is -2.43. The van der Waals surface area contributed by atoms with Gasteiger partial charge in [0.1, 0.15) is 0 Å². The molecule has 0 bridgehead atoms. The van der Waals surface area contributed by atoms with E-state index < -0.39 is 0 Å². The van der Waals surface area contributed by atoms with Gasteiger partial charge >= 0.3 is 0 Å². The number of aryl methyl sites for hydroxylation is 2. The molecule has 1 saturated carbocycles. The minimum Gasteiger partial charge on any atom is -0.273 e. The predicted molar refractivity (Wildman–Crippen MR) is 83.3 cm³/mol. The van der Waals surface area contributed by atoms with Gasteiger partial charge in [-0.15, -0.1) is 11.8 Å². The van der Waals surface area contributed by atoms with Gasteiger partial charge in [-0.1, -0.05) is 15.9 Å². The Morgan fingerprint density at radius 3 is 2.60 bits per heavy atom. The number of halogens is 1. The van der Waals surface area contributed by atoms with Gasteiger partial charge in [0.15, 0.2) is 0 Å². The third-order valence-electron chi connectivity index (χ3n) is 3.09. The van der Waals surface area contributed by atoms with Crippen LogP contribution in [0.3, 0.4) is 0 Å². The smallest absolute Gasteiger partial charge is 0.248 e. The van der Waals surface area contributed by atoms with Crippen molar-refractivity contribution in [3.63, 3.8) is 0 Å². The highest BCUT2D eigenvalue weighted by Gasteiger charge is 2.29. The van der Waals surface area contributed by atoms with Crippen LogP contribution in [0, 0.1) is 19.8 Å². The monoisotopic (exact) mass is 356 g/mol. The summed E-state index contributed by atoms with van der Waals surface area (Å²) in [5, 5.41) is 0. The van der Waals surface area contributed by atoms with Crippen molar-refractivity contribution in [1.29, 1.82) is 0 Å². The van der Waals surface area contributed by atoms with Crippen molar-refractivity contribution in [3.8, 4) is 0 Å². The lowest BCUT2D eigenvalue weighted by Gasteiger charge is -2.09. The number of carbonyl (C=O) groups is 2. The summed E-state index contributed by atoms with van der Waals surface area (Å²) >= 11 is 4.95. The van der Waals surface area contributed by atoms with Crippen molar-refractivity contribution in [1.82, 2.24) is 10.9 Å². The maximum Gasteiger partial charge on any atom is 0.248 e. The fraction of sp³-hybridized carbons (Fsp3) is 0.429. The number of hydrogen-bond donors (Lipinski definition) is 2. The zero-order chi connectivity index (χ0) is 14.7. The van der Waals surface area contributed by atoms with Crippen molar-refractivity contribution in [3.05, 3.63) is 27.7 Å². The molecule has 2 rings (SSSR count). The van der Waals surface area contributed by atoms with Crippen LogP contribution in [-0.4, -0.2) is 17.6 Å². The zero-order valence-electron chi connectivity index (χ0n) is 11.5. The summed E-state index contributed by atoms with van der Waals surface area (Å²) in [6.45, 7) is 4.03. The number of carbonyl (C=O) groups excluding carboxylic acids is 2. The highest BCUT2D eigenvalue weighted by Crippen LogP contribution is 2.29. The van der Waals surface area contributed by atoms with Gasteiger partial charge in [0.25, 0.3) is 0 Å². The van der Waals surface area contributed by atoms with Crippen molar-refractivity contribution in [2.75, 3.05) is 5.75 Å². The molecule has 108 valence electrons. The van der Waals surface area contributed by atoms with Crippen molar-refractivity contribution in [2.45, 2.75) is 31.6 Å². The van der Waals surface area contributed by atoms with E-state index in [2.05, 4.69) is 32.8 Å². The van der Waals surface area contributed by atoms with Crippen molar-refractivity contribution < 1.29 is 9.59 Å². The molecular formula is C14H17BrN2O2S. The molecule has 20 heavy (non-hydrogen) atoms. The highest BCUT2D eigenvalue weighted by molar-refractivity contribution is 9.10. The summed E-state index contributed by atoms with van der Waals surface area (Å²) < 4.78 is 1.07. The quantitative estimate of drug-likeness (QED) is 0.644. The van der Waals surface area contributed by atoms with Gasteiger partial charge in [0.05, 0.1) is 5.75 Å². The Balaban J connectivity index is 1.80. The molecule has 2 amide bonds. The van der Waals surface area contributed by atoms with E-state index in [9.17, 15) is 9.59 Å². The second-order valence-electron chi connectivity index (χ2n) is 4.97. The molecular weight excluding hydrogens is 340 g/mol. The summed E-state index contributed by atoms with van der Waals surface area (Å²) in [6, 6.07) is 4.10. The Hall–Kier alpha value is -1.01. The Kier molecular flexibility index (Phi) is 5.10. The fourth-order valence-corrected chi connectivity index (χ4v) is 3.03. The van der Waals surface area contributed by atoms with Crippen LogP contribution in [0.4, 0.5) is 0 Å². The van der Waals surface area contributed by atoms with E-state index in [1.165, 1.54) is 11.8 Å². The lowest BCUT2D eigenvalue weighted by atomic mass is 10.2. The first-order valence-electron chi connectivity index (χ1n) is 6.45. The minimum atomic E-state index is -0.191. The van der Waals surface area contributed by atoms with E-state index in [0.29, 0.717) is 0 Å². The van der Waals surface area contributed by atoms with Crippen molar-refractivity contribution in [2.24, 2.45) is 5.92 Å². The number of thioether (sulfide) groups is 1. The number of hydrazine groups is 1. The largest absolute Gasteiger partial charge is 0.273 e. The van der Waals surface area contributed by atoms with Crippen LogP contribution < -0.4 is 10.9 Å². The third-order valence-corrected chi connectivity index (χ3v) is 5.10. The summed E-state index contributed by atoms with van der Waals surface area (Å²) in [7, 11) is 0. The Labute approximate surface area is 131 Å². The molecule has 1 aromatic rings. The SMILES string of the molecule is Cc1cc(SCC(=O)NNC(=O)C2CC2)c(C)cc1Br. The van der Waals surface area contributed by atoms with Crippen LogP contribution in [0.1, 0.15) is 24.0 Å². The Morgan fingerprint density at radius 2 is 1.95 bits per heavy atom. The van der Waals surface area contributed by atoms with Gasteiger partial charge in [-0.2, -0.15) is 0 Å². The van der Waals surface area contributed by atoms with Gasteiger partial charge in [-0.05, 0) is 49.9 Å². The molecule has 1 aromatic carbocycles. The minimum absolute atomic E-state index is 0.0842. The molecule has 0 spiro atoms. The molecule has 0 radical (unpaired) electrons. The van der Waals surface area contributed by atoms with Crippen LogP contribution in [0.15, 0.2) is 21.5 Å². The number of benzene rings is 1. The molecule has 1 fully saturated rings. The molecule has 0 aromatic heterocycles. The molecule has 2 N–H and O–H groups in total. The first-order chi connectivity index (χ1) is 9.47. The average molecular weight is 357 g/mol. The topological polar surface area (TPSA) is 58.2 Å². The highest BCUT2D eigenvalue weighted by atomic mass is 79.9. The van der Waals surface area contributed by atoms with Gasteiger partial charge < -0.3 is 0 Å². The van der Waals surface area contributed by atoms with Gasteiger partial charge in [-0.25, -0.2) is 0 Å².